The zero-order valence-corrected chi connectivity index (χ0v) is 11.5. The summed E-state index contributed by atoms with van der Waals surface area (Å²) in [5, 5.41) is 10.9. The van der Waals surface area contributed by atoms with E-state index in [9.17, 15) is 18.0 Å². The number of thiazole rings is 1. The lowest BCUT2D eigenvalue weighted by atomic mass is 10.1. The molecule has 0 unspecified atom stereocenters. The average molecular weight is 311 g/mol. The topological polar surface area (TPSA) is 65.8 Å². The van der Waals surface area contributed by atoms with Crippen molar-refractivity contribution in [3.63, 3.8) is 0 Å². The van der Waals surface area contributed by atoms with Crippen molar-refractivity contribution < 1.29 is 18.0 Å². The number of aryl methyl sites for hydroxylation is 1. The van der Waals surface area contributed by atoms with Crippen LogP contribution in [0, 0.1) is 35.7 Å². The molecule has 0 atom stereocenters. The maximum atomic E-state index is 13.7. The first-order chi connectivity index (χ1) is 9.92. The molecule has 108 valence electrons. The molecule has 0 aliphatic heterocycles. The van der Waals surface area contributed by atoms with Gasteiger partial charge in [-0.3, -0.25) is 4.79 Å². The van der Waals surface area contributed by atoms with Crippen LogP contribution in [0.2, 0.25) is 0 Å². The summed E-state index contributed by atoms with van der Waals surface area (Å²) in [4.78, 5) is 15.7. The molecule has 0 spiro atoms. The Morgan fingerprint density at radius 3 is 2.57 bits per heavy atom. The zero-order chi connectivity index (χ0) is 15.6. The van der Waals surface area contributed by atoms with E-state index in [0.717, 1.165) is 11.3 Å². The number of carbonyl (C=O) groups excluding carboxylic acids is 1. The maximum Gasteiger partial charge on any atom is 0.240 e. The maximum absolute atomic E-state index is 13.7. The van der Waals surface area contributed by atoms with Gasteiger partial charge in [0.1, 0.15) is 23.9 Å². The fraction of sp³-hybridized carbons (Fsp3) is 0.154. The van der Waals surface area contributed by atoms with E-state index in [1.165, 1.54) is 0 Å². The van der Waals surface area contributed by atoms with Crippen LogP contribution in [0.15, 0.2) is 12.1 Å². The Bertz CT molecular complexity index is 729. The number of nitriles is 1. The standard InChI is InChI=1S/C13H8F3N3OS/c1-6-12(11-8(15)4-7(14)5-9(11)16)19-13(21-6)18-10(20)2-3-17/h4-5H,2H2,1H3,(H,18,19,20). The summed E-state index contributed by atoms with van der Waals surface area (Å²) in [6.45, 7) is 1.56. The number of nitrogens with one attached hydrogen (secondary N) is 1. The molecule has 8 heteroatoms. The lowest BCUT2D eigenvalue weighted by Gasteiger charge is -2.03. The summed E-state index contributed by atoms with van der Waals surface area (Å²) in [5.41, 5.74) is -0.465. The third-order valence-electron chi connectivity index (χ3n) is 2.53. The Hall–Kier alpha value is -2.40. The van der Waals surface area contributed by atoms with Crippen molar-refractivity contribution >= 4 is 22.4 Å². The number of anilines is 1. The summed E-state index contributed by atoms with van der Waals surface area (Å²) >= 11 is 1.01. The highest BCUT2D eigenvalue weighted by Gasteiger charge is 2.20. The van der Waals surface area contributed by atoms with Crippen LogP contribution in [0.4, 0.5) is 18.3 Å². The molecule has 1 aromatic carbocycles. The quantitative estimate of drug-likeness (QED) is 0.945. The number of aromatic nitrogens is 1. The minimum atomic E-state index is -1.07. The monoisotopic (exact) mass is 311 g/mol. The highest BCUT2D eigenvalue weighted by atomic mass is 32.1. The minimum absolute atomic E-state index is 0.0118. The van der Waals surface area contributed by atoms with Gasteiger partial charge in [0.05, 0.1) is 17.3 Å². The summed E-state index contributed by atoms with van der Waals surface area (Å²) in [7, 11) is 0. The highest BCUT2D eigenvalue weighted by molar-refractivity contribution is 7.16. The van der Waals surface area contributed by atoms with Gasteiger partial charge >= 0.3 is 0 Å². The van der Waals surface area contributed by atoms with Gasteiger partial charge < -0.3 is 5.32 Å². The lowest BCUT2D eigenvalue weighted by Crippen LogP contribution is -2.09. The molecule has 1 amide bonds. The first kappa shape index (κ1) is 15.0. The van der Waals surface area contributed by atoms with E-state index < -0.39 is 28.9 Å². The molecule has 0 saturated carbocycles. The predicted octanol–water partition coefficient (Wildman–Crippen LogP) is 3.39. The molecule has 4 nitrogen and oxygen atoms in total. The van der Waals surface area contributed by atoms with Gasteiger partial charge in [-0.25, -0.2) is 18.2 Å². The molecule has 0 aliphatic rings. The second-order valence-corrected chi connectivity index (χ2v) is 5.25. The van der Waals surface area contributed by atoms with Crippen molar-refractivity contribution in [1.29, 1.82) is 5.26 Å². The predicted molar refractivity (Wildman–Crippen MR) is 71.0 cm³/mol. The van der Waals surface area contributed by atoms with Crippen LogP contribution in [-0.2, 0) is 4.79 Å². The molecule has 0 saturated heterocycles. The Kier molecular flexibility index (Phi) is 4.23. The smallest absolute Gasteiger partial charge is 0.240 e. The molecule has 1 aromatic heterocycles. The van der Waals surface area contributed by atoms with Crippen LogP contribution < -0.4 is 5.32 Å². The second-order valence-electron chi connectivity index (χ2n) is 4.05. The molecule has 0 fully saturated rings. The SMILES string of the molecule is Cc1sc(NC(=O)CC#N)nc1-c1c(F)cc(F)cc1F. The van der Waals surface area contributed by atoms with E-state index >= 15 is 0 Å². The molecule has 0 aliphatic carbocycles. The summed E-state index contributed by atoms with van der Waals surface area (Å²) in [6.07, 6.45) is -0.354. The molecular formula is C13H8F3N3OS. The largest absolute Gasteiger partial charge is 0.301 e. The van der Waals surface area contributed by atoms with Gasteiger partial charge in [0.15, 0.2) is 5.13 Å². The second kappa shape index (κ2) is 5.93. The van der Waals surface area contributed by atoms with Crippen LogP contribution in [0.25, 0.3) is 11.3 Å². The first-order valence-electron chi connectivity index (χ1n) is 5.71. The van der Waals surface area contributed by atoms with Gasteiger partial charge in [-0.1, -0.05) is 0 Å². The van der Waals surface area contributed by atoms with Gasteiger partial charge in [0.25, 0.3) is 0 Å². The van der Waals surface area contributed by atoms with Gasteiger partial charge in [-0.2, -0.15) is 5.26 Å². The number of benzene rings is 1. The fourth-order valence-corrected chi connectivity index (χ4v) is 2.52. The van der Waals surface area contributed by atoms with Crippen molar-refractivity contribution in [3.8, 4) is 17.3 Å². The Labute approximate surface area is 121 Å². The Balaban J connectivity index is 2.41. The van der Waals surface area contributed by atoms with Gasteiger partial charge in [-0.15, -0.1) is 11.3 Å². The van der Waals surface area contributed by atoms with Crippen molar-refractivity contribution in [2.24, 2.45) is 0 Å². The van der Waals surface area contributed by atoms with E-state index in [1.807, 2.05) is 0 Å². The Morgan fingerprint density at radius 1 is 1.38 bits per heavy atom. The average Bonchev–Trinajstić information content (AvgIpc) is 2.69. The van der Waals surface area contributed by atoms with Crippen molar-refractivity contribution in [2.45, 2.75) is 13.3 Å². The van der Waals surface area contributed by atoms with Crippen LogP contribution in [0.5, 0.6) is 0 Å². The highest BCUT2D eigenvalue weighted by Crippen LogP contribution is 2.34. The van der Waals surface area contributed by atoms with Crippen molar-refractivity contribution in [1.82, 2.24) is 4.98 Å². The van der Waals surface area contributed by atoms with Crippen molar-refractivity contribution in [3.05, 3.63) is 34.5 Å². The van der Waals surface area contributed by atoms with E-state index in [0.29, 0.717) is 17.0 Å². The first-order valence-corrected chi connectivity index (χ1v) is 6.53. The van der Waals surface area contributed by atoms with Gasteiger partial charge in [-0.05, 0) is 6.92 Å². The van der Waals surface area contributed by atoms with Crippen molar-refractivity contribution in [2.75, 3.05) is 5.32 Å². The third kappa shape index (κ3) is 3.20. The van der Waals surface area contributed by atoms with Crippen LogP contribution in [0.1, 0.15) is 11.3 Å². The fourth-order valence-electron chi connectivity index (χ4n) is 1.69. The lowest BCUT2D eigenvalue weighted by molar-refractivity contribution is -0.115. The zero-order valence-electron chi connectivity index (χ0n) is 10.7. The van der Waals surface area contributed by atoms with E-state index in [2.05, 4.69) is 10.3 Å². The van der Waals surface area contributed by atoms with E-state index in [-0.39, 0.29) is 17.2 Å². The molecule has 0 radical (unpaired) electrons. The normalized spacial score (nSPS) is 10.2. The van der Waals surface area contributed by atoms with E-state index in [1.54, 1.807) is 13.0 Å². The van der Waals surface area contributed by atoms with Crippen LogP contribution >= 0.6 is 11.3 Å². The molecule has 1 heterocycles. The minimum Gasteiger partial charge on any atom is -0.301 e. The van der Waals surface area contributed by atoms with Crippen LogP contribution in [-0.4, -0.2) is 10.9 Å². The molecule has 2 rings (SSSR count). The molecule has 0 bridgehead atoms. The Morgan fingerprint density at radius 2 is 2.00 bits per heavy atom. The molecular weight excluding hydrogens is 303 g/mol. The summed E-state index contributed by atoms with van der Waals surface area (Å²) < 4.78 is 40.3. The van der Waals surface area contributed by atoms with E-state index in [4.69, 9.17) is 5.26 Å². The number of halogens is 3. The molecule has 21 heavy (non-hydrogen) atoms. The molecule has 1 N–H and O–H groups in total. The van der Waals surface area contributed by atoms with Crippen LogP contribution in [0.3, 0.4) is 0 Å². The number of carbonyl (C=O) groups is 1. The molecule has 2 aromatic rings. The van der Waals surface area contributed by atoms with Gasteiger partial charge in [0.2, 0.25) is 5.91 Å². The number of rotatable bonds is 3. The summed E-state index contributed by atoms with van der Waals surface area (Å²) in [6, 6.07) is 2.79. The van der Waals surface area contributed by atoms with Gasteiger partial charge in [0, 0.05) is 17.0 Å². The third-order valence-corrected chi connectivity index (χ3v) is 3.41. The number of amides is 1. The number of hydrogen-bond acceptors (Lipinski definition) is 4. The summed E-state index contributed by atoms with van der Waals surface area (Å²) in [5.74, 6) is -3.74. The number of hydrogen-bond donors (Lipinski definition) is 1. The number of nitrogens with zero attached hydrogens (tertiary/aromatic N) is 2.